The van der Waals surface area contributed by atoms with E-state index >= 15 is 0 Å². The van der Waals surface area contributed by atoms with E-state index in [0.29, 0.717) is 0 Å². The lowest BCUT2D eigenvalue weighted by Crippen LogP contribution is -2.08. The average molecular weight is 132 g/mol. The maximum atomic E-state index is 2.34. The van der Waals surface area contributed by atoms with Gasteiger partial charge in [-0.15, -0.1) is 0 Å². The molecule has 0 heterocycles. The van der Waals surface area contributed by atoms with Crippen molar-refractivity contribution in [1.29, 1.82) is 0 Å². The Labute approximate surface area is 61.9 Å². The quantitative estimate of drug-likeness (QED) is 0.514. The lowest BCUT2D eigenvalue weighted by atomic mass is 9.78. The van der Waals surface area contributed by atoms with Crippen LogP contribution in [-0.4, -0.2) is 0 Å². The van der Waals surface area contributed by atoms with E-state index in [2.05, 4.69) is 25.2 Å². The predicted octanol–water partition coefficient (Wildman–Crippen LogP) is 2.98. The number of allylic oxidation sites excluding steroid dienone is 6. The number of rotatable bonds is 1. The van der Waals surface area contributed by atoms with Crippen LogP contribution < -0.4 is 0 Å². The molecule has 0 unspecified atom stereocenters. The Morgan fingerprint density at radius 3 is 3.00 bits per heavy atom. The van der Waals surface area contributed by atoms with Gasteiger partial charge in [-0.05, 0) is 36.0 Å². The fourth-order valence-corrected chi connectivity index (χ4v) is 1.66. The summed E-state index contributed by atoms with van der Waals surface area (Å²) >= 11 is 0. The molecule has 0 aliphatic heterocycles. The van der Waals surface area contributed by atoms with E-state index in [9.17, 15) is 0 Å². The average Bonchev–Trinajstić information content (AvgIpc) is 2.01. The van der Waals surface area contributed by atoms with Crippen molar-refractivity contribution in [3.05, 3.63) is 34.9 Å². The first kappa shape index (κ1) is 5.96. The number of hydrogen-bond acceptors (Lipinski definition) is 0. The molecule has 0 spiro atoms. The van der Waals surface area contributed by atoms with Crippen molar-refractivity contribution >= 4 is 0 Å². The van der Waals surface area contributed by atoms with Crippen LogP contribution in [0.5, 0.6) is 0 Å². The molecule has 0 fully saturated rings. The molecule has 0 nitrogen and oxygen atoms in total. The third kappa shape index (κ3) is 0.683. The van der Waals surface area contributed by atoms with Gasteiger partial charge in [-0.3, -0.25) is 0 Å². The van der Waals surface area contributed by atoms with Gasteiger partial charge in [0.15, 0.2) is 0 Å². The molecule has 0 radical (unpaired) electrons. The van der Waals surface area contributed by atoms with E-state index in [-0.39, 0.29) is 0 Å². The summed E-state index contributed by atoms with van der Waals surface area (Å²) in [4.78, 5) is 0. The molecular formula is C10H12. The minimum atomic E-state index is 1.17. The van der Waals surface area contributed by atoms with Crippen LogP contribution in [-0.2, 0) is 0 Å². The van der Waals surface area contributed by atoms with E-state index in [1.165, 1.54) is 30.4 Å². The Bertz CT molecular complexity index is 239. The van der Waals surface area contributed by atoms with Crippen molar-refractivity contribution in [2.45, 2.75) is 26.2 Å². The maximum Gasteiger partial charge on any atom is -0.0195 e. The van der Waals surface area contributed by atoms with Crippen LogP contribution in [0.4, 0.5) is 0 Å². The van der Waals surface area contributed by atoms with Crippen molar-refractivity contribution < 1.29 is 0 Å². The van der Waals surface area contributed by atoms with Crippen LogP contribution in [0.1, 0.15) is 26.2 Å². The monoisotopic (exact) mass is 132 g/mol. The van der Waals surface area contributed by atoms with Gasteiger partial charge in [-0.25, -0.2) is 0 Å². The summed E-state index contributed by atoms with van der Waals surface area (Å²) in [6.07, 6.45) is 10.7. The van der Waals surface area contributed by atoms with E-state index in [4.69, 9.17) is 0 Å². The molecule has 52 valence electrons. The van der Waals surface area contributed by atoms with Crippen LogP contribution in [0.3, 0.4) is 0 Å². The van der Waals surface area contributed by atoms with E-state index in [1.807, 2.05) is 0 Å². The highest BCUT2D eigenvalue weighted by molar-refractivity contribution is 5.65. The van der Waals surface area contributed by atoms with Gasteiger partial charge in [0.1, 0.15) is 0 Å². The zero-order valence-corrected chi connectivity index (χ0v) is 6.35. The van der Waals surface area contributed by atoms with Gasteiger partial charge in [-0.2, -0.15) is 0 Å². The highest BCUT2D eigenvalue weighted by Crippen LogP contribution is 2.39. The Kier molecular flexibility index (Phi) is 1.26. The molecule has 0 aromatic rings. The summed E-state index contributed by atoms with van der Waals surface area (Å²) in [7, 11) is 0. The molecule has 0 N–H and O–H groups in total. The fourth-order valence-electron chi connectivity index (χ4n) is 1.66. The molecule has 0 heteroatoms. The molecule has 0 atom stereocenters. The molecule has 3 rings (SSSR count). The Hall–Kier alpha value is -0.780. The van der Waals surface area contributed by atoms with Crippen LogP contribution >= 0.6 is 0 Å². The molecule has 0 saturated heterocycles. The van der Waals surface area contributed by atoms with Gasteiger partial charge in [0.25, 0.3) is 0 Å². The number of fused-ring (bicyclic) bond motifs is 2. The summed E-state index contributed by atoms with van der Waals surface area (Å²) in [5.74, 6) is 0. The molecule has 10 heavy (non-hydrogen) atoms. The zero-order valence-electron chi connectivity index (χ0n) is 6.35. The Morgan fingerprint density at radius 1 is 1.60 bits per heavy atom. The van der Waals surface area contributed by atoms with Crippen molar-refractivity contribution in [3.63, 3.8) is 0 Å². The smallest absolute Gasteiger partial charge is 0.0195 e. The van der Waals surface area contributed by atoms with Gasteiger partial charge in [0.2, 0.25) is 0 Å². The second kappa shape index (κ2) is 2.12. The summed E-state index contributed by atoms with van der Waals surface area (Å²) in [5.41, 5.74) is 4.61. The van der Waals surface area contributed by atoms with Gasteiger partial charge in [-0.1, -0.05) is 25.2 Å². The first-order valence-electron chi connectivity index (χ1n) is 4.03. The Morgan fingerprint density at radius 2 is 2.50 bits per heavy atom. The standard InChI is InChI=1S/C10H12/c1-2-4-10-8-5-3-6-9(10)7-8/h4-5,7H,2-3,6H2,1H3/b10-4-. The van der Waals surface area contributed by atoms with Gasteiger partial charge in [0.05, 0.1) is 0 Å². The summed E-state index contributed by atoms with van der Waals surface area (Å²) in [6, 6.07) is 0. The van der Waals surface area contributed by atoms with Gasteiger partial charge in [0, 0.05) is 0 Å². The molecule has 0 saturated carbocycles. The fraction of sp³-hybridized carbons (Fsp3) is 0.400. The van der Waals surface area contributed by atoms with Crippen molar-refractivity contribution in [2.75, 3.05) is 0 Å². The van der Waals surface area contributed by atoms with Crippen LogP contribution in [0.15, 0.2) is 34.9 Å². The van der Waals surface area contributed by atoms with Crippen LogP contribution in [0, 0.1) is 0 Å². The first-order chi connectivity index (χ1) is 4.92. The zero-order chi connectivity index (χ0) is 6.97. The minimum Gasteiger partial charge on any atom is -0.0767 e. The predicted molar refractivity (Wildman–Crippen MR) is 43.8 cm³/mol. The van der Waals surface area contributed by atoms with Crippen molar-refractivity contribution in [2.24, 2.45) is 0 Å². The largest absolute Gasteiger partial charge is 0.0767 e. The van der Waals surface area contributed by atoms with E-state index in [1.54, 1.807) is 5.57 Å². The van der Waals surface area contributed by atoms with Crippen molar-refractivity contribution in [1.82, 2.24) is 0 Å². The third-order valence-electron chi connectivity index (χ3n) is 2.17. The SMILES string of the molecule is CC/C=C1/C2=CCCC1=C2. The van der Waals surface area contributed by atoms with Crippen LogP contribution in [0.2, 0.25) is 0 Å². The summed E-state index contributed by atoms with van der Waals surface area (Å²) < 4.78 is 0. The second-order valence-corrected chi connectivity index (χ2v) is 2.89. The second-order valence-electron chi connectivity index (χ2n) is 2.89. The van der Waals surface area contributed by atoms with E-state index in [0.717, 1.165) is 0 Å². The van der Waals surface area contributed by atoms with Crippen molar-refractivity contribution in [3.8, 4) is 0 Å². The topological polar surface area (TPSA) is 0 Å². The normalized spacial score (nSPS) is 25.5. The van der Waals surface area contributed by atoms with Gasteiger partial charge >= 0.3 is 0 Å². The highest BCUT2D eigenvalue weighted by atomic mass is 14.3. The van der Waals surface area contributed by atoms with Crippen LogP contribution in [0.25, 0.3) is 0 Å². The molecule has 0 amide bonds. The molecule has 3 aliphatic rings. The molecule has 0 aromatic heterocycles. The summed E-state index contributed by atoms with van der Waals surface area (Å²) in [6.45, 7) is 2.20. The summed E-state index contributed by atoms with van der Waals surface area (Å²) in [5, 5.41) is 0. The number of hydrogen-bond donors (Lipinski definition) is 0. The third-order valence-corrected chi connectivity index (χ3v) is 2.17. The minimum absolute atomic E-state index is 1.17. The molecular weight excluding hydrogens is 120 g/mol. The molecule has 2 bridgehead atoms. The molecule has 3 aliphatic carbocycles. The maximum absolute atomic E-state index is 2.34. The first-order valence-corrected chi connectivity index (χ1v) is 4.03. The molecule has 0 aromatic carbocycles. The highest BCUT2D eigenvalue weighted by Gasteiger charge is 2.21. The lowest BCUT2D eigenvalue weighted by molar-refractivity contribution is 0.908. The van der Waals surface area contributed by atoms with E-state index < -0.39 is 0 Å². The van der Waals surface area contributed by atoms with Gasteiger partial charge < -0.3 is 0 Å². The Balaban J connectivity index is 2.31. The lowest BCUT2D eigenvalue weighted by Gasteiger charge is -2.27.